The fraction of sp³-hybridized carbons (Fsp3) is 0.857. The lowest BCUT2D eigenvalue weighted by molar-refractivity contribution is -0.132. The van der Waals surface area contributed by atoms with E-state index in [0.717, 1.165) is 56.6 Å². The van der Waals surface area contributed by atoms with Gasteiger partial charge in [-0.2, -0.15) is 4.98 Å². The van der Waals surface area contributed by atoms with Crippen LogP contribution in [0, 0.1) is 11.8 Å². The summed E-state index contributed by atoms with van der Waals surface area (Å²) in [6.45, 7) is 3.12. The highest BCUT2D eigenvalue weighted by molar-refractivity contribution is 5.76. The molecule has 6 nitrogen and oxygen atoms in total. The van der Waals surface area contributed by atoms with Crippen LogP contribution in [-0.2, 0) is 16.0 Å². The summed E-state index contributed by atoms with van der Waals surface area (Å²) in [5.74, 6) is 3.47. The van der Waals surface area contributed by atoms with Crippen molar-refractivity contribution >= 4 is 5.91 Å². The molecule has 4 rings (SSSR count). The van der Waals surface area contributed by atoms with Crippen LogP contribution in [0.3, 0.4) is 0 Å². The van der Waals surface area contributed by atoms with E-state index < -0.39 is 0 Å². The number of aromatic nitrogens is 2. The normalized spacial score (nSPS) is 23.9. The van der Waals surface area contributed by atoms with Crippen LogP contribution in [-0.4, -0.2) is 47.3 Å². The van der Waals surface area contributed by atoms with Gasteiger partial charge in [0.2, 0.25) is 11.8 Å². The largest absolute Gasteiger partial charge is 0.381 e. The molecule has 2 saturated carbocycles. The van der Waals surface area contributed by atoms with E-state index in [-0.39, 0.29) is 5.92 Å². The lowest BCUT2D eigenvalue weighted by Crippen LogP contribution is -2.39. The summed E-state index contributed by atoms with van der Waals surface area (Å²) in [7, 11) is 0. The Morgan fingerprint density at radius 1 is 1.11 bits per heavy atom. The minimum atomic E-state index is 0.183. The number of hydrogen-bond acceptors (Lipinski definition) is 5. The van der Waals surface area contributed by atoms with Gasteiger partial charge < -0.3 is 14.2 Å². The van der Waals surface area contributed by atoms with E-state index in [0.29, 0.717) is 31.2 Å². The molecule has 0 bridgehead atoms. The van der Waals surface area contributed by atoms with Crippen LogP contribution in [0.15, 0.2) is 4.52 Å². The van der Waals surface area contributed by atoms with E-state index in [1.165, 1.54) is 38.5 Å². The Bertz CT molecular complexity index is 608. The fourth-order valence-electron chi connectivity index (χ4n) is 4.42. The highest BCUT2D eigenvalue weighted by Gasteiger charge is 2.29. The summed E-state index contributed by atoms with van der Waals surface area (Å²) < 4.78 is 11.2. The Balaban J connectivity index is 1.21. The van der Waals surface area contributed by atoms with E-state index in [1.54, 1.807) is 0 Å². The molecule has 1 amide bonds. The van der Waals surface area contributed by atoms with Crippen molar-refractivity contribution in [2.45, 2.75) is 76.5 Å². The van der Waals surface area contributed by atoms with Gasteiger partial charge in [0.25, 0.3) is 0 Å². The Kier molecular flexibility index (Phi) is 6.43. The van der Waals surface area contributed by atoms with Crippen molar-refractivity contribution in [1.82, 2.24) is 15.0 Å². The molecular weight excluding hydrogens is 342 g/mol. The van der Waals surface area contributed by atoms with Crippen molar-refractivity contribution in [3.05, 3.63) is 11.7 Å². The quantitative estimate of drug-likeness (QED) is 0.615. The second kappa shape index (κ2) is 9.18. The number of ether oxygens (including phenoxy) is 1. The van der Waals surface area contributed by atoms with E-state index in [9.17, 15) is 4.79 Å². The number of hydrogen-bond donors (Lipinski definition) is 0. The molecule has 3 fully saturated rings. The lowest BCUT2D eigenvalue weighted by Gasteiger charge is -2.31. The van der Waals surface area contributed by atoms with Gasteiger partial charge in [-0.1, -0.05) is 30.8 Å². The molecule has 1 unspecified atom stereocenters. The van der Waals surface area contributed by atoms with Crippen LogP contribution < -0.4 is 0 Å². The minimum absolute atomic E-state index is 0.183. The first-order valence-electron chi connectivity index (χ1n) is 11.0. The first kappa shape index (κ1) is 18.9. The molecule has 0 N–H and O–H groups in total. The maximum atomic E-state index is 12.6. The number of carbonyl (C=O) groups excluding carboxylic acids is 1. The molecule has 1 aliphatic heterocycles. The number of carbonyl (C=O) groups is 1. The summed E-state index contributed by atoms with van der Waals surface area (Å²) in [6.07, 6.45) is 12.4. The van der Waals surface area contributed by atoms with Crippen molar-refractivity contribution in [3.8, 4) is 0 Å². The topological polar surface area (TPSA) is 68.5 Å². The zero-order chi connectivity index (χ0) is 18.5. The third kappa shape index (κ3) is 5.53. The van der Waals surface area contributed by atoms with Gasteiger partial charge in [0.05, 0.1) is 12.5 Å². The van der Waals surface area contributed by atoms with E-state index >= 15 is 0 Å². The zero-order valence-electron chi connectivity index (χ0n) is 16.4. The van der Waals surface area contributed by atoms with Gasteiger partial charge in [-0.3, -0.25) is 4.79 Å². The van der Waals surface area contributed by atoms with Gasteiger partial charge in [0.15, 0.2) is 5.82 Å². The van der Waals surface area contributed by atoms with Gasteiger partial charge >= 0.3 is 0 Å². The lowest BCUT2D eigenvalue weighted by atomic mass is 9.96. The molecule has 1 saturated heterocycles. The second-order valence-corrected chi connectivity index (χ2v) is 8.69. The smallest absolute Gasteiger partial charge is 0.231 e. The van der Waals surface area contributed by atoms with E-state index in [2.05, 4.69) is 10.1 Å². The predicted octanol–water partition coefficient (Wildman–Crippen LogP) is 3.72. The number of piperidine rings is 1. The summed E-state index contributed by atoms with van der Waals surface area (Å²) in [4.78, 5) is 19.2. The number of rotatable bonds is 9. The van der Waals surface area contributed by atoms with Crippen LogP contribution in [0.1, 0.15) is 81.8 Å². The van der Waals surface area contributed by atoms with Gasteiger partial charge in [-0.25, -0.2) is 0 Å². The molecular formula is C21H33N3O3. The Morgan fingerprint density at radius 2 is 1.96 bits per heavy atom. The van der Waals surface area contributed by atoms with E-state index in [4.69, 9.17) is 9.26 Å². The average molecular weight is 376 g/mol. The summed E-state index contributed by atoms with van der Waals surface area (Å²) in [5, 5.41) is 4.11. The zero-order valence-corrected chi connectivity index (χ0v) is 16.4. The summed E-state index contributed by atoms with van der Waals surface area (Å²) in [6, 6.07) is 0. The molecule has 1 aromatic rings. The molecule has 0 spiro atoms. The van der Waals surface area contributed by atoms with Gasteiger partial charge in [-0.15, -0.1) is 0 Å². The third-order valence-corrected chi connectivity index (χ3v) is 6.37. The first-order valence-corrected chi connectivity index (χ1v) is 11.0. The van der Waals surface area contributed by atoms with Gasteiger partial charge in [-0.05, 0) is 43.9 Å². The minimum Gasteiger partial charge on any atom is -0.381 e. The molecule has 6 heteroatoms. The molecule has 0 aromatic carbocycles. The second-order valence-electron chi connectivity index (χ2n) is 8.69. The number of nitrogens with zero attached hydrogens (tertiary/aromatic N) is 3. The van der Waals surface area contributed by atoms with Crippen molar-refractivity contribution in [2.75, 3.05) is 26.3 Å². The van der Waals surface area contributed by atoms with Crippen LogP contribution in [0.2, 0.25) is 0 Å². The van der Waals surface area contributed by atoms with Crippen molar-refractivity contribution < 1.29 is 14.1 Å². The van der Waals surface area contributed by atoms with Crippen LogP contribution in [0.25, 0.3) is 0 Å². The number of likely N-dealkylation sites (tertiary alicyclic amines) is 1. The van der Waals surface area contributed by atoms with Crippen LogP contribution >= 0.6 is 0 Å². The molecule has 1 atom stereocenters. The fourth-order valence-corrected chi connectivity index (χ4v) is 4.42. The maximum absolute atomic E-state index is 12.6. The molecule has 2 aliphatic carbocycles. The molecule has 27 heavy (non-hydrogen) atoms. The first-order chi connectivity index (χ1) is 13.3. The monoisotopic (exact) mass is 375 g/mol. The Labute approximate surface area is 162 Å². The number of amides is 1. The van der Waals surface area contributed by atoms with Crippen LogP contribution in [0.4, 0.5) is 0 Å². The Hall–Kier alpha value is -1.43. The molecule has 0 radical (unpaired) electrons. The molecule has 150 valence electrons. The molecule has 2 heterocycles. The molecule has 1 aromatic heterocycles. The van der Waals surface area contributed by atoms with Crippen molar-refractivity contribution in [1.29, 1.82) is 0 Å². The Morgan fingerprint density at radius 3 is 2.78 bits per heavy atom. The average Bonchev–Trinajstić information content (AvgIpc) is 3.17. The SMILES string of the molecule is O=C(CCC1CCCC1)N1CCCC(c2nc(CCOCC3CC3)no2)C1. The standard InChI is InChI=1S/C21H33N3O3/c25-20(10-9-16-4-1-2-5-16)24-12-3-6-18(14-24)21-22-19(23-27-21)11-13-26-15-17-7-8-17/h16-18H,1-15H2. The van der Waals surface area contributed by atoms with Crippen LogP contribution in [0.5, 0.6) is 0 Å². The highest BCUT2D eigenvalue weighted by Crippen LogP contribution is 2.30. The van der Waals surface area contributed by atoms with Crippen molar-refractivity contribution in [2.24, 2.45) is 11.8 Å². The predicted molar refractivity (Wildman–Crippen MR) is 101 cm³/mol. The van der Waals surface area contributed by atoms with E-state index in [1.807, 2.05) is 4.90 Å². The summed E-state index contributed by atoms with van der Waals surface area (Å²) in [5.41, 5.74) is 0. The maximum Gasteiger partial charge on any atom is 0.231 e. The third-order valence-electron chi connectivity index (χ3n) is 6.37. The van der Waals surface area contributed by atoms with Crippen molar-refractivity contribution in [3.63, 3.8) is 0 Å². The molecule has 3 aliphatic rings. The van der Waals surface area contributed by atoms with Gasteiger partial charge in [0.1, 0.15) is 0 Å². The highest BCUT2D eigenvalue weighted by atomic mass is 16.5. The summed E-state index contributed by atoms with van der Waals surface area (Å²) >= 11 is 0. The van der Waals surface area contributed by atoms with Gasteiger partial charge in [0, 0.05) is 32.5 Å².